The molecular formula is C17H26ClN3O2S. The van der Waals surface area contributed by atoms with Crippen LogP contribution in [0, 0.1) is 0 Å². The average Bonchev–Trinajstić information content (AvgIpc) is 3.10. The highest BCUT2D eigenvalue weighted by Crippen LogP contribution is 2.36. The SMILES string of the molecule is Cl.O=S(=O)(N[C@@H]1CCN2CCc3ccccc3[C@@H]2C1)N1CCCC1. The van der Waals surface area contributed by atoms with Crippen molar-refractivity contribution in [2.75, 3.05) is 26.2 Å². The Bertz CT molecular complexity index is 676. The number of benzene rings is 1. The quantitative estimate of drug-likeness (QED) is 0.885. The first-order valence-corrected chi connectivity index (χ1v) is 10.2. The van der Waals surface area contributed by atoms with Crippen molar-refractivity contribution in [1.29, 1.82) is 0 Å². The van der Waals surface area contributed by atoms with Crippen LogP contribution in [-0.4, -0.2) is 49.8 Å². The third kappa shape index (κ3) is 3.48. The fraction of sp³-hybridized carbons (Fsp3) is 0.647. The summed E-state index contributed by atoms with van der Waals surface area (Å²) in [7, 11) is -3.31. The van der Waals surface area contributed by atoms with Crippen LogP contribution in [0.3, 0.4) is 0 Å². The van der Waals surface area contributed by atoms with E-state index < -0.39 is 10.2 Å². The van der Waals surface area contributed by atoms with Gasteiger partial charge in [-0.3, -0.25) is 4.90 Å². The van der Waals surface area contributed by atoms with E-state index in [1.165, 1.54) is 11.1 Å². The molecule has 5 nitrogen and oxygen atoms in total. The number of fused-ring (bicyclic) bond motifs is 3. The molecule has 1 aromatic carbocycles. The van der Waals surface area contributed by atoms with Crippen LogP contribution in [0.25, 0.3) is 0 Å². The minimum atomic E-state index is -3.31. The predicted molar refractivity (Wildman–Crippen MR) is 97.6 cm³/mol. The summed E-state index contributed by atoms with van der Waals surface area (Å²) < 4.78 is 29.6. The molecule has 3 aliphatic heterocycles. The Labute approximate surface area is 151 Å². The molecule has 0 aromatic heterocycles. The molecule has 0 bridgehead atoms. The number of nitrogens with zero attached hydrogens (tertiary/aromatic N) is 2. The molecule has 3 heterocycles. The first kappa shape index (κ1) is 18.1. The van der Waals surface area contributed by atoms with Crippen molar-refractivity contribution in [3.63, 3.8) is 0 Å². The minimum Gasteiger partial charge on any atom is -0.296 e. The summed E-state index contributed by atoms with van der Waals surface area (Å²) in [6.07, 6.45) is 4.86. The molecule has 2 atom stereocenters. The Kier molecular flexibility index (Phi) is 5.52. The first-order chi connectivity index (χ1) is 11.1. The fourth-order valence-corrected chi connectivity index (χ4v) is 5.80. The van der Waals surface area contributed by atoms with E-state index in [0.717, 1.165) is 45.2 Å². The van der Waals surface area contributed by atoms with Crippen LogP contribution in [0.2, 0.25) is 0 Å². The molecule has 0 spiro atoms. The van der Waals surface area contributed by atoms with Crippen molar-refractivity contribution in [2.24, 2.45) is 0 Å². The lowest BCUT2D eigenvalue weighted by Crippen LogP contribution is -2.51. The topological polar surface area (TPSA) is 52.7 Å². The van der Waals surface area contributed by atoms with Gasteiger partial charge in [0.15, 0.2) is 0 Å². The van der Waals surface area contributed by atoms with Gasteiger partial charge in [0, 0.05) is 38.3 Å². The molecule has 1 N–H and O–H groups in total. The number of rotatable bonds is 3. The lowest BCUT2D eigenvalue weighted by Gasteiger charge is -2.43. The maximum atomic E-state index is 12.5. The van der Waals surface area contributed by atoms with E-state index in [4.69, 9.17) is 0 Å². The fourth-order valence-electron chi connectivity index (χ4n) is 4.28. The standard InChI is InChI=1S/C17H25N3O2S.ClH/c21-23(22,20-9-3-4-10-20)18-15-8-12-19-11-7-14-5-1-2-6-16(14)17(19)13-15;/h1-2,5-6,15,17-18H,3-4,7-13H2;1H/t15-,17+;/m1./s1. The van der Waals surface area contributed by atoms with E-state index in [-0.39, 0.29) is 18.4 Å². The third-order valence-electron chi connectivity index (χ3n) is 5.52. The van der Waals surface area contributed by atoms with Crippen molar-refractivity contribution < 1.29 is 8.42 Å². The van der Waals surface area contributed by atoms with Gasteiger partial charge in [-0.05, 0) is 43.2 Å². The van der Waals surface area contributed by atoms with Gasteiger partial charge >= 0.3 is 0 Å². The summed E-state index contributed by atoms with van der Waals surface area (Å²) in [5.74, 6) is 0. The van der Waals surface area contributed by atoms with Gasteiger partial charge in [0.05, 0.1) is 0 Å². The van der Waals surface area contributed by atoms with Crippen molar-refractivity contribution in [1.82, 2.24) is 13.9 Å². The summed E-state index contributed by atoms with van der Waals surface area (Å²) in [6.45, 7) is 3.40. The monoisotopic (exact) mass is 371 g/mol. The highest BCUT2D eigenvalue weighted by Gasteiger charge is 2.36. The Balaban J connectivity index is 0.00000169. The van der Waals surface area contributed by atoms with Crippen LogP contribution < -0.4 is 4.72 Å². The van der Waals surface area contributed by atoms with E-state index in [1.807, 2.05) is 0 Å². The Morgan fingerprint density at radius 3 is 2.58 bits per heavy atom. The van der Waals surface area contributed by atoms with Gasteiger partial charge in [0.1, 0.15) is 0 Å². The largest absolute Gasteiger partial charge is 0.296 e. The van der Waals surface area contributed by atoms with Crippen LogP contribution >= 0.6 is 12.4 Å². The van der Waals surface area contributed by atoms with Crippen molar-refractivity contribution >= 4 is 22.6 Å². The molecule has 0 aliphatic carbocycles. The molecule has 7 heteroatoms. The maximum absolute atomic E-state index is 12.5. The molecule has 134 valence electrons. The van der Waals surface area contributed by atoms with Gasteiger partial charge < -0.3 is 0 Å². The van der Waals surface area contributed by atoms with Crippen LogP contribution in [0.5, 0.6) is 0 Å². The van der Waals surface area contributed by atoms with E-state index in [9.17, 15) is 8.42 Å². The van der Waals surface area contributed by atoms with E-state index in [1.54, 1.807) is 4.31 Å². The van der Waals surface area contributed by atoms with Gasteiger partial charge in [0.25, 0.3) is 10.2 Å². The van der Waals surface area contributed by atoms with E-state index >= 15 is 0 Å². The summed E-state index contributed by atoms with van der Waals surface area (Å²) in [4.78, 5) is 2.52. The molecular weight excluding hydrogens is 346 g/mol. The van der Waals surface area contributed by atoms with Gasteiger partial charge in [-0.15, -0.1) is 12.4 Å². The van der Waals surface area contributed by atoms with Crippen LogP contribution in [0.4, 0.5) is 0 Å². The lowest BCUT2D eigenvalue weighted by molar-refractivity contribution is 0.122. The normalized spacial score (nSPS) is 28.0. The summed E-state index contributed by atoms with van der Waals surface area (Å²) in [5.41, 5.74) is 2.82. The average molecular weight is 372 g/mol. The van der Waals surface area contributed by atoms with Gasteiger partial charge in [-0.1, -0.05) is 24.3 Å². The molecule has 1 aromatic rings. The zero-order valence-corrected chi connectivity index (χ0v) is 15.5. The Hall–Kier alpha value is -0.660. The minimum absolute atomic E-state index is 0. The van der Waals surface area contributed by atoms with E-state index in [0.29, 0.717) is 19.1 Å². The lowest BCUT2D eigenvalue weighted by atomic mass is 9.85. The molecule has 0 amide bonds. The van der Waals surface area contributed by atoms with Gasteiger partial charge in [-0.2, -0.15) is 17.4 Å². The molecule has 4 rings (SSSR count). The van der Waals surface area contributed by atoms with Crippen LogP contribution in [-0.2, 0) is 16.6 Å². The summed E-state index contributed by atoms with van der Waals surface area (Å²) >= 11 is 0. The Morgan fingerprint density at radius 2 is 1.79 bits per heavy atom. The molecule has 3 aliphatic rings. The molecule has 2 fully saturated rings. The first-order valence-electron chi connectivity index (χ1n) is 8.73. The second kappa shape index (κ2) is 7.30. The van der Waals surface area contributed by atoms with Gasteiger partial charge in [-0.25, -0.2) is 0 Å². The smallest absolute Gasteiger partial charge is 0.279 e. The zero-order valence-electron chi connectivity index (χ0n) is 13.9. The molecule has 0 unspecified atom stereocenters. The molecule has 24 heavy (non-hydrogen) atoms. The second-order valence-electron chi connectivity index (χ2n) is 6.95. The van der Waals surface area contributed by atoms with E-state index in [2.05, 4.69) is 33.9 Å². The third-order valence-corrected chi connectivity index (χ3v) is 7.19. The van der Waals surface area contributed by atoms with Crippen molar-refractivity contribution in [3.05, 3.63) is 35.4 Å². The highest BCUT2D eigenvalue weighted by molar-refractivity contribution is 7.87. The summed E-state index contributed by atoms with van der Waals surface area (Å²) in [5, 5.41) is 0. The number of piperidine rings is 1. The molecule has 0 radical (unpaired) electrons. The van der Waals surface area contributed by atoms with Crippen molar-refractivity contribution in [2.45, 2.75) is 44.2 Å². The molecule has 2 saturated heterocycles. The number of halogens is 1. The Morgan fingerprint density at radius 1 is 1.04 bits per heavy atom. The second-order valence-corrected chi connectivity index (χ2v) is 8.65. The number of hydrogen-bond donors (Lipinski definition) is 1. The predicted octanol–water partition coefficient (Wildman–Crippen LogP) is 2.10. The number of nitrogens with one attached hydrogen (secondary N) is 1. The molecule has 0 saturated carbocycles. The van der Waals surface area contributed by atoms with Crippen molar-refractivity contribution in [3.8, 4) is 0 Å². The van der Waals surface area contributed by atoms with Gasteiger partial charge in [0.2, 0.25) is 0 Å². The maximum Gasteiger partial charge on any atom is 0.279 e. The van der Waals surface area contributed by atoms with Crippen LogP contribution in [0.15, 0.2) is 24.3 Å². The zero-order chi connectivity index (χ0) is 15.9. The number of hydrogen-bond acceptors (Lipinski definition) is 3. The summed E-state index contributed by atoms with van der Waals surface area (Å²) in [6, 6.07) is 9.03. The van der Waals surface area contributed by atoms with Crippen LogP contribution in [0.1, 0.15) is 42.9 Å². The highest BCUT2D eigenvalue weighted by atomic mass is 35.5.